The van der Waals surface area contributed by atoms with Gasteiger partial charge in [0.2, 0.25) is 0 Å². The molecule has 0 aliphatic heterocycles. The number of thiophene rings is 2. The molecule has 2 N–H and O–H groups in total. The maximum absolute atomic E-state index is 12.3. The molecule has 0 unspecified atom stereocenters. The van der Waals surface area contributed by atoms with E-state index in [1.54, 1.807) is 12.1 Å². The van der Waals surface area contributed by atoms with Gasteiger partial charge in [-0.05, 0) is 30.3 Å². The lowest BCUT2D eigenvalue weighted by molar-refractivity contribution is -0.132. The number of aliphatic carboxylic acids is 1. The molecular weight excluding hydrogens is 449 g/mol. The number of hydrogen-bond donors (Lipinski definition) is 2. The third-order valence-electron chi connectivity index (χ3n) is 3.43. The van der Waals surface area contributed by atoms with Crippen molar-refractivity contribution in [2.24, 2.45) is 0 Å². The predicted octanol–water partition coefficient (Wildman–Crippen LogP) is 6.29. The summed E-state index contributed by atoms with van der Waals surface area (Å²) in [4.78, 5) is 25.4. The molecule has 0 fully saturated rings. The number of hydrogen-bond acceptors (Lipinski definition) is 4. The number of benzene rings is 1. The fourth-order valence-corrected chi connectivity index (χ4v) is 4.96. The maximum Gasteiger partial charge on any atom is 0.352 e. The Morgan fingerprint density at radius 3 is 2.41 bits per heavy atom. The van der Waals surface area contributed by atoms with Crippen LogP contribution in [0.15, 0.2) is 48.2 Å². The minimum absolute atomic E-state index is 0.127. The molecule has 0 aliphatic carbocycles. The van der Waals surface area contributed by atoms with Crippen LogP contribution in [0.25, 0.3) is 16.5 Å². The van der Waals surface area contributed by atoms with Crippen LogP contribution in [0, 0.1) is 0 Å². The van der Waals surface area contributed by atoms with Gasteiger partial charge in [0.15, 0.2) is 0 Å². The van der Waals surface area contributed by atoms with Crippen LogP contribution in [0.1, 0.15) is 15.2 Å². The molecule has 2 heterocycles. The maximum atomic E-state index is 12.3. The van der Waals surface area contributed by atoms with Gasteiger partial charge in [-0.15, -0.1) is 22.7 Å². The molecule has 0 saturated heterocycles. The Morgan fingerprint density at radius 2 is 1.78 bits per heavy atom. The van der Waals surface area contributed by atoms with Crippen molar-refractivity contribution < 1.29 is 14.7 Å². The topological polar surface area (TPSA) is 66.4 Å². The lowest BCUT2D eigenvalue weighted by Crippen LogP contribution is -2.27. The largest absolute Gasteiger partial charge is 0.477 e. The number of carbonyl (C=O) groups is 2. The Bertz CT molecular complexity index is 1060. The van der Waals surface area contributed by atoms with E-state index in [-0.39, 0.29) is 15.6 Å². The standard InChI is InChI=1S/C18H10Cl3NO3S2/c19-12-4-2-1-3-10(12)14-6-5-9(26-14)7-13(18(24)25)22-17(23)11-8-15(20)27-16(11)21/h1-8H,(H,22,23)(H,24,25). The molecule has 0 radical (unpaired) electrons. The highest BCUT2D eigenvalue weighted by Gasteiger charge is 2.18. The number of carbonyl (C=O) groups excluding carboxylic acids is 1. The Balaban J connectivity index is 1.86. The van der Waals surface area contributed by atoms with E-state index in [9.17, 15) is 14.7 Å². The Kier molecular flexibility index (Phi) is 6.24. The summed E-state index contributed by atoms with van der Waals surface area (Å²) in [5.74, 6) is -1.91. The molecule has 0 spiro atoms. The summed E-state index contributed by atoms with van der Waals surface area (Å²) in [6.45, 7) is 0. The highest BCUT2D eigenvalue weighted by atomic mass is 35.5. The average Bonchev–Trinajstić information content (AvgIpc) is 3.20. The van der Waals surface area contributed by atoms with Crippen molar-refractivity contribution in [3.05, 3.63) is 72.3 Å². The van der Waals surface area contributed by atoms with Gasteiger partial charge in [0.1, 0.15) is 10.0 Å². The summed E-state index contributed by atoms with van der Waals surface area (Å²) in [5.41, 5.74) is 0.706. The summed E-state index contributed by atoms with van der Waals surface area (Å²) in [6.07, 6.45) is 1.38. The smallest absolute Gasteiger partial charge is 0.352 e. The van der Waals surface area contributed by atoms with Crippen LogP contribution in [0.4, 0.5) is 0 Å². The summed E-state index contributed by atoms with van der Waals surface area (Å²) in [7, 11) is 0. The van der Waals surface area contributed by atoms with E-state index in [0.29, 0.717) is 14.2 Å². The lowest BCUT2D eigenvalue weighted by Gasteiger charge is -2.05. The molecule has 9 heteroatoms. The van der Waals surface area contributed by atoms with E-state index in [0.717, 1.165) is 21.8 Å². The number of rotatable bonds is 5. The second-order valence-electron chi connectivity index (χ2n) is 5.24. The molecule has 1 aromatic carbocycles. The first-order valence-electron chi connectivity index (χ1n) is 7.41. The zero-order valence-electron chi connectivity index (χ0n) is 13.3. The number of amides is 1. The van der Waals surface area contributed by atoms with Gasteiger partial charge in [0, 0.05) is 20.3 Å². The third kappa shape index (κ3) is 4.72. The van der Waals surface area contributed by atoms with Gasteiger partial charge < -0.3 is 10.4 Å². The van der Waals surface area contributed by atoms with Gasteiger partial charge in [-0.3, -0.25) is 4.79 Å². The Hall–Kier alpha value is -1.83. The second-order valence-corrected chi connectivity index (χ2v) is 9.05. The Morgan fingerprint density at radius 1 is 1.04 bits per heavy atom. The number of halogens is 3. The highest BCUT2D eigenvalue weighted by Crippen LogP contribution is 2.34. The molecule has 0 saturated carbocycles. The van der Waals surface area contributed by atoms with Crippen LogP contribution < -0.4 is 5.32 Å². The third-order valence-corrected chi connectivity index (χ3v) is 6.32. The van der Waals surface area contributed by atoms with Gasteiger partial charge >= 0.3 is 5.97 Å². The molecule has 0 atom stereocenters. The zero-order valence-corrected chi connectivity index (χ0v) is 17.2. The molecule has 0 aliphatic rings. The summed E-state index contributed by atoms with van der Waals surface area (Å²) < 4.78 is 0.535. The number of carboxylic acid groups (broad SMARTS) is 1. The van der Waals surface area contributed by atoms with Crippen LogP contribution >= 0.6 is 57.5 Å². The monoisotopic (exact) mass is 457 g/mol. The zero-order chi connectivity index (χ0) is 19.6. The summed E-state index contributed by atoms with van der Waals surface area (Å²) >= 11 is 20.4. The van der Waals surface area contributed by atoms with E-state index in [2.05, 4.69) is 5.32 Å². The van der Waals surface area contributed by atoms with Gasteiger partial charge in [0.25, 0.3) is 5.91 Å². The van der Waals surface area contributed by atoms with Crippen molar-refractivity contribution in [3.63, 3.8) is 0 Å². The van der Waals surface area contributed by atoms with E-state index in [4.69, 9.17) is 34.8 Å². The number of nitrogens with one attached hydrogen (secondary N) is 1. The van der Waals surface area contributed by atoms with E-state index in [1.807, 2.05) is 24.3 Å². The molecule has 4 nitrogen and oxygen atoms in total. The molecule has 2 aromatic heterocycles. The lowest BCUT2D eigenvalue weighted by atomic mass is 10.2. The van der Waals surface area contributed by atoms with Gasteiger partial charge in [-0.1, -0.05) is 53.0 Å². The predicted molar refractivity (Wildman–Crippen MR) is 112 cm³/mol. The highest BCUT2D eigenvalue weighted by molar-refractivity contribution is 7.20. The molecule has 138 valence electrons. The van der Waals surface area contributed by atoms with E-state index >= 15 is 0 Å². The Labute approximate surface area is 177 Å². The quantitative estimate of drug-likeness (QED) is 0.441. The van der Waals surface area contributed by atoms with Crippen LogP contribution in [0.5, 0.6) is 0 Å². The van der Waals surface area contributed by atoms with Crippen molar-refractivity contribution in [1.29, 1.82) is 0 Å². The van der Waals surface area contributed by atoms with Crippen molar-refractivity contribution >= 4 is 75.4 Å². The van der Waals surface area contributed by atoms with Crippen LogP contribution in [-0.4, -0.2) is 17.0 Å². The summed E-state index contributed by atoms with van der Waals surface area (Å²) in [6, 6.07) is 12.4. The average molecular weight is 459 g/mol. The fourth-order valence-electron chi connectivity index (χ4n) is 2.21. The molecule has 0 bridgehead atoms. The SMILES string of the molecule is O=C(O)C(=Cc1ccc(-c2ccccc2Cl)s1)NC(=O)c1cc(Cl)sc1Cl. The number of carboxylic acids is 1. The van der Waals surface area contributed by atoms with E-state index < -0.39 is 11.9 Å². The fraction of sp³-hybridized carbons (Fsp3) is 0. The van der Waals surface area contributed by atoms with Crippen molar-refractivity contribution in [2.45, 2.75) is 0 Å². The van der Waals surface area contributed by atoms with Crippen LogP contribution in [0.3, 0.4) is 0 Å². The molecular formula is C18H10Cl3NO3S2. The molecule has 3 rings (SSSR count). The van der Waals surface area contributed by atoms with Crippen molar-refractivity contribution in [1.82, 2.24) is 5.32 Å². The van der Waals surface area contributed by atoms with Crippen LogP contribution in [0.2, 0.25) is 13.7 Å². The van der Waals surface area contributed by atoms with Crippen molar-refractivity contribution in [2.75, 3.05) is 0 Å². The van der Waals surface area contributed by atoms with E-state index in [1.165, 1.54) is 23.5 Å². The normalized spacial score (nSPS) is 11.4. The van der Waals surface area contributed by atoms with Gasteiger partial charge in [-0.2, -0.15) is 0 Å². The van der Waals surface area contributed by atoms with Crippen molar-refractivity contribution in [3.8, 4) is 10.4 Å². The minimum atomic E-state index is -1.27. The van der Waals surface area contributed by atoms with Gasteiger partial charge in [0.05, 0.1) is 9.90 Å². The first-order valence-corrected chi connectivity index (χ1v) is 10.2. The van der Waals surface area contributed by atoms with Gasteiger partial charge in [-0.25, -0.2) is 4.79 Å². The minimum Gasteiger partial charge on any atom is -0.477 e. The first kappa shape index (κ1) is 19.9. The molecule has 3 aromatic rings. The summed E-state index contributed by atoms with van der Waals surface area (Å²) in [5, 5.41) is 12.4. The molecule has 1 amide bonds. The molecule has 27 heavy (non-hydrogen) atoms. The first-order chi connectivity index (χ1) is 12.8. The van der Waals surface area contributed by atoms with Crippen LogP contribution in [-0.2, 0) is 4.79 Å². The second kappa shape index (κ2) is 8.46.